The summed E-state index contributed by atoms with van der Waals surface area (Å²) < 4.78 is 12.4. The number of anilines is 1. The molecule has 251 valence electrons. The van der Waals surface area contributed by atoms with E-state index in [-0.39, 0.29) is 19.0 Å². The number of nitrogens with one attached hydrogen (secondary N) is 3. The summed E-state index contributed by atoms with van der Waals surface area (Å²) >= 11 is 0. The Hall–Kier alpha value is -4.97. The molecule has 1 radical (unpaired) electrons. The van der Waals surface area contributed by atoms with Crippen molar-refractivity contribution in [2.75, 3.05) is 11.9 Å². The highest BCUT2D eigenvalue weighted by molar-refractivity contribution is 5.98. The first-order chi connectivity index (χ1) is 22.2. The van der Waals surface area contributed by atoms with Crippen LogP contribution in [0.3, 0.4) is 0 Å². The molecule has 1 aliphatic rings. The average Bonchev–Trinajstić information content (AvgIpc) is 3.76. The summed E-state index contributed by atoms with van der Waals surface area (Å²) in [5.41, 5.74) is 0.961. The van der Waals surface area contributed by atoms with Crippen LogP contribution in [0.5, 0.6) is 0 Å². The number of carboxylic acid groups (broad SMARTS) is 1. The summed E-state index contributed by atoms with van der Waals surface area (Å²) in [6.45, 7) is 12.0. The van der Waals surface area contributed by atoms with Crippen molar-refractivity contribution in [2.45, 2.75) is 78.3 Å². The van der Waals surface area contributed by atoms with Crippen LogP contribution in [0.2, 0.25) is 0 Å². The second-order valence-electron chi connectivity index (χ2n) is 12.1. The van der Waals surface area contributed by atoms with Gasteiger partial charge in [0, 0.05) is 12.6 Å². The minimum atomic E-state index is -1.45. The predicted octanol–water partition coefficient (Wildman–Crippen LogP) is 5.13. The van der Waals surface area contributed by atoms with Gasteiger partial charge in [-0.15, -0.1) is 0 Å². The number of carbonyl (C=O) groups is 4. The summed E-state index contributed by atoms with van der Waals surface area (Å²) in [5, 5.41) is 17.9. The van der Waals surface area contributed by atoms with Crippen LogP contribution in [0, 0.1) is 6.42 Å². The number of imidazole rings is 1. The highest BCUT2D eigenvalue weighted by atomic mass is 16.6. The number of carbonyl (C=O) groups excluding carboxylic acids is 3. The van der Waals surface area contributed by atoms with Crippen LogP contribution >= 0.6 is 0 Å². The molecule has 47 heavy (non-hydrogen) atoms. The van der Waals surface area contributed by atoms with Crippen LogP contribution in [0.1, 0.15) is 71.2 Å². The number of amides is 3. The number of nitrogens with zero attached hydrogens (tertiary/aromatic N) is 2. The SMILES string of the molecule is CC.CC(C)(C)OC(=O)NC(C)(C)C(=O)N[C@H](COCc1ccccc1)C(=O)Nc1cn(C(C(=O)O)c2ccccc2C2=C[CH]2)cn1. The Morgan fingerprint density at radius 2 is 1.60 bits per heavy atom. The van der Waals surface area contributed by atoms with Crippen LogP contribution in [-0.4, -0.2) is 62.3 Å². The lowest BCUT2D eigenvalue weighted by Crippen LogP contribution is -2.59. The lowest BCUT2D eigenvalue weighted by atomic mass is 9.98. The summed E-state index contributed by atoms with van der Waals surface area (Å²) in [6, 6.07) is 14.2. The third-order valence-electron chi connectivity index (χ3n) is 6.68. The Morgan fingerprint density at radius 1 is 0.957 bits per heavy atom. The molecule has 0 bridgehead atoms. The topological polar surface area (TPSA) is 161 Å². The first-order valence-corrected chi connectivity index (χ1v) is 15.4. The van der Waals surface area contributed by atoms with E-state index in [1.807, 2.05) is 68.8 Å². The maximum absolute atomic E-state index is 13.5. The van der Waals surface area contributed by atoms with E-state index >= 15 is 0 Å². The van der Waals surface area contributed by atoms with E-state index in [1.54, 1.807) is 32.9 Å². The monoisotopic (exact) mass is 646 g/mol. The lowest BCUT2D eigenvalue weighted by Gasteiger charge is -2.29. The van der Waals surface area contributed by atoms with E-state index in [0.717, 1.165) is 16.7 Å². The first kappa shape index (κ1) is 36.5. The van der Waals surface area contributed by atoms with Crippen molar-refractivity contribution in [1.29, 1.82) is 0 Å². The second kappa shape index (κ2) is 16.0. The normalized spacial score (nSPS) is 13.6. The van der Waals surface area contributed by atoms with E-state index in [1.165, 1.54) is 30.9 Å². The number of benzene rings is 2. The lowest BCUT2D eigenvalue weighted by molar-refractivity contribution is -0.139. The van der Waals surface area contributed by atoms with Gasteiger partial charge in [0.25, 0.3) is 5.91 Å². The van der Waals surface area contributed by atoms with Crippen LogP contribution in [0.25, 0.3) is 5.57 Å². The van der Waals surface area contributed by atoms with E-state index < -0.39 is 47.1 Å². The van der Waals surface area contributed by atoms with Crippen LogP contribution in [0.15, 0.2) is 73.2 Å². The molecule has 1 aliphatic carbocycles. The number of ether oxygens (including phenoxy) is 2. The largest absolute Gasteiger partial charge is 0.479 e. The van der Waals surface area contributed by atoms with Crippen molar-refractivity contribution < 1.29 is 33.8 Å². The second-order valence-corrected chi connectivity index (χ2v) is 12.1. The number of hydrogen-bond donors (Lipinski definition) is 4. The summed E-state index contributed by atoms with van der Waals surface area (Å²) in [4.78, 5) is 55.7. The number of hydrogen-bond acceptors (Lipinski definition) is 7. The Kier molecular flexibility index (Phi) is 12.5. The zero-order valence-corrected chi connectivity index (χ0v) is 27.9. The third-order valence-corrected chi connectivity index (χ3v) is 6.68. The van der Waals surface area contributed by atoms with E-state index in [2.05, 4.69) is 20.9 Å². The summed E-state index contributed by atoms with van der Waals surface area (Å²) in [6.07, 6.45) is 5.74. The van der Waals surface area contributed by atoms with Crippen LogP contribution in [0.4, 0.5) is 10.6 Å². The van der Waals surface area contributed by atoms with Crippen molar-refractivity contribution in [3.8, 4) is 0 Å². The molecular formula is C35H44N5O7. The molecule has 12 heteroatoms. The maximum Gasteiger partial charge on any atom is 0.408 e. The average molecular weight is 647 g/mol. The molecule has 1 unspecified atom stereocenters. The number of alkyl carbamates (subject to hydrolysis) is 1. The standard InChI is InChI=1S/C33H38N5O7.C2H6/c1-32(2,3)45-31(43)37-33(4,5)30(42)35-25(19-44-18-21-11-7-6-8-12-21)28(39)36-26-17-38(20-34-26)27(29(40)41)24-14-10-9-13-23(24)22-15-16-22;1-2/h6-17,20,25,27H,18-19H2,1-5H3,(H,35,42)(H,36,39)(H,37,43)(H,40,41);1-2H3/t25-,27?;/m1./s1. The van der Waals surface area contributed by atoms with Gasteiger partial charge in [-0.25, -0.2) is 14.6 Å². The molecular weight excluding hydrogens is 602 g/mol. The van der Waals surface area contributed by atoms with Gasteiger partial charge in [-0.3, -0.25) is 9.59 Å². The number of aliphatic carboxylic acids is 1. The number of rotatable bonds is 13. The molecule has 3 aromatic rings. The van der Waals surface area contributed by atoms with E-state index in [0.29, 0.717) is 5.56 Å². The van der Waals surface area contributed by atoms with Gasteiger partial charge in [0.2, 0.25) is 5.91 Å². The van der Waals surface area contributed by atoms with Crippen molar-refractivity contribution in [3.63, 3.8) is 0 Å². The molecule has 4 rings (SSSR count). The molecule has 0 aliphatic heterocycles. The van der Waals surface area contributed by atoms with E-state index in [4.69, 9.17) is 9.47 Å². The number of allylic oxidation sites excluding steroid dienone is 2. The number of carboxylic acids is 1. The maximum atomic E-state index is 13.5. The van der Waals surface area contributed by atoms with Crippen molar-refractivity contribution >= 4 is 35.3 Å². The fraction of sp³-hybridized carbons (Fsp3) is 0.371. The zero-order valence-electron chi connectivity index (χ0n) is 27.9. The van der Waals surface area contributed by atoms with Crippen molar-refractivity contribution in [1.82, 2.24) is 20.2 Å². The van der Waals surface area contributed by atoms with Gasteiger partial charge in [0.05, 0.1) is 19.5 Å². The molecule has 1 aromatic heterocycles. The van der Waals surface area contributed by atoms with Crippen LogP contribution < -0.4 is 16.0 Å². The molecule has 12 nitrogen and oxygen atoms in total. The predicted molar refractivity (Wildman–Crippen MR) is 178 cm³/mol. The first-order valence-electron chi connectivity index (χ1n) is 15.4. The molecule has 3 amide bonds. The molecule has 2 aromatic carbocycles. The molecule has 0 spiro atoms. The fourth-order valence-electron chi connectivity index (χ4n) is 4.40. The minimum absolute atomic E-state index is 0.0781. The third kappa shape index (κ3) is 10.8. The van der Waals surface area contributed by atoms with Gasteiger partial charge in [-0.1, -0.05) is 74.5 Å². The highest BCUT2D eigenvalue weighted by Gasteiger charge is 2.35. The zero-order chi connectivity index (χ0) is 34.8. The van der Waals surface area contributed by atoms with Gasteiger partial charge in [-0.05, 0) is 56.9 Å². The van der Waals surface area contributed by atoms with Gasteiger partial charge < -0.3 is 35.1 Å². The molecule has 0 saturated carbocycles. The Labute approximate surface area is 275 Å². The number of aromatic nitrogens is 2. The van der Waals surface area contributed by atoms with Gasteiger partial charge >= 0.3 is 12.1 Å². The van der Waals surface area contributed by atoms with Gasteiger partial charge in [-0.2, -0.15) is 0 Å². The fourth-order valence-corrected chi connectivity index (χ4v) is 4.40. The molecule has 0 fully saturated rings. The highest BCUT2D eigenvalue weighted by Crippen LogP contribution is 2.36. The van der Waals surface area contributed by atoms with Crippen LogP contribution in [-0.2, 0) is 30.5 Å². The smallest absolute Gasteiger partial charge is 0.408 e. The Bertz CT molecular complexity index is 1570. The summed E-state index contributed by atoms with van der Waals surface area (Å²) in [7, 11) is 0. The van der Waals surface area contributed by atoms with Gasteiger partial charge in [0.15, 0.2) is 11.9 Å². The molecule has 4 N–H and O–H groups in total. The molecule has 0 saturated heterocycles. The summed E-state index contributed by atoms with van der Waals surface area (Å²) in [5.74, 6) is -2.33. The quantitative estimate of drug-likeness (QED) is 0.199. The Morgan fingerprint density at radius 3 is 2.21 bits per heavy atom. The van der Waals surface area contributed by atoms with Crippen molar-refractivity contribution in [2.24, 2.45) is 0 Å². The minimum Gasteiger partial charge on any atom is -0.479 e. The molecule has 1 heterocycles. The molecule has 2 atom stereocenters. The van der Waals surface area contributed by atoms with Gasteiger partial charge in [0.1, 0.15) is 17.2 Å². The van der Waals surface area contributed by atoms with Crippen molar-refractivity contribution in [3.05, 3.63) is 96.3 Å². The van der Waals surface area contributed by atoms with E-state index in [9.17, 15) is 24.3 Å². The Balaban J connectivity index is 0.00000294.